The molecular weight excluding hydrogens is 949 g/mol. The summed E-state index contributed by atoms with van der Waals surface area (Å²) in [5, 5.41) is 0. The minimum absolute atomic E-state index is 0.0660. The number of unbranched alkanes of at least 4 members (excludes halogenated alkanes) is 41. The fraction of sp³-hybridized carbons (Fsp3) is 0.817. The van der Waals surface area contributed by atoms with Gasteiger partial charge in [-0.15, -0.1) is 0 Å². The van der Waals surface area contributed by atoms with Crippen LogP contribution in [0.25, 0.3) is 0 Å². The highest BCUT2D eigenvalue weighted by Crippen LogP contribution is 2.18. The molecule has 0 fully saturated rings. The standard InChI is InChI=1S/C71H128O6/c1-4-7-10-13-16-19-22-24-25-26-27-28-29-30-31-32-33-34-35-36-37-38-39-40-41-42-43-44-45-47-49-52-55-58-61-64-70(73)76-67-68(66-75-69(72)63-60-57-54-51-48-21-18-15-12-9-6-3)77-71(74)65-62-59-56-53-50-46-23-20-17-14-11-8-5-2/h7,10,16,19,24-25,27-28,30-31,68H,4-6,8-9,11-15,17-18,20-23,26,29,32-67H2,1-3H3/b10-7-,19-16-,25-24-,28-27-,31-30-. The number of hydrogen-bond donors (Lipinski definition) is 0. The molecule has 0 aromatic rings. The van der Waals surface area contributed by atoms with E-state index in [0.717, 1.165) is 89.9 Å². The summed E-state index contributed by atoms with van der Waals surface area (Å²) >= 11 is 0. The van der Waals surface area contributed by atoms with Gasteiger partial charge in [0, 0.05) is 19.3 Å². The molecule has 0 aliphatic rings. The normalized spacial score (nSPS) is 12.4. The van der Waals surface area contributed by atoms with Gasteiger partial charge in [-0.2, -0.15) is 0 Å². The predicted octanol–water partition coefficient (Wildman–Crippen LogP) is 23.1. The number of carbonyl (C=O) groups excluding carboxylic acids is 3. The second kappa shape index (κ2) is 65.6. The molecule has 0 radical (unpaired) electrons. The molecule has 77 heavy (non-hydrogen) atoms. The maximum atomic E-state index is 12.9. The second-order valence-corrected chi connectivity index (χ2v) is 22.7. The molecular formula is C71H128O6. The smallest absolute Gasteiger partial charge is 0.306 e. The minimum Gasteiger partial charge on any atom is -0.462 e. The van der Waals surface area contributed by atoms with Crippen molar-refractivity contribution < 1.29 is 28.6 Å². The van der Waals surface area contributed by atoms with Gasteiger partial charge in [-0.25, -0.2) is 0 Å². The Balaban J connectivity index is 4.02. The SMILES string of the molecule is CC/C=C\C/C=C\C/C=C\C/C=C\C/C=C\CCCCCCCCCCCCCCCCCCCCCC(=O)OCC(COC(=O)CCCCCCCCCCCCC)OC(=O)CCCCCCCCCCCCCCC. The quantitative estimate of drug-likeness (QED) is 0.0261. The van der Waals surface area contributed by atoms with E-state index in [2.05, 4.69) is 81.5 Å². The van der Waals surface area contributed by atoms with Crippen molar-refractivity contribution in [1.29, 1.82) is 0 Å². The first-order chi connectivity index (χ1) is 38.0. The first kappa shape index (κ1) is 74.1. The maximum Gasteiger partial charge on any atom is 0.306 e. The van der Waals surface area contributed by atoms with Crippen LogP contribution in [0.15, 0.2) is 60.8 Å². The lowest BCUT2D eigenvalue weighted by Gasteiger charge is -2.18. The summed E-state index contributed by atoms with van der Waals surface area (Å²) in [5.74, 6) is -0.844. The van der Waals surface area contributed by atoms with Crippen molar-refractivity contribution in [3.05, 3.63) is 60.8 Å². The Labute approximate surface area is 479 Å². The van der Waals surface area contributed by atoms with E-state index in [-0.39, 0.29) is 31.1 Å². The zero-order chi connectivity index (χ0) is 55.7. The van der Waals surface area contributed by atoms with Crippen molar-refractivity contribution in [2.24, 2.45) is 0 Å². The molecule has 0 heterocycles. The summed E-state index contributed by atoms with van der Waals surface area (Å²) in [4.78, 5) is 38.2. The summed E-state index contributed by atoms with van der Waals surface area (Å²) in [6, 6.07) is 0. The van der Waals surface area contributed by atoms with Crippen molar-refractivity contribution in [2.75, 3.05) is 13.2 Å². The Morgan fingerprint density at radius 3 is 0.792 bits per heavy atom. The lowest BCUT2D eigenvalue weighted by Crippen LogP contribution is -2.30. The summed E-state index contributed by atoms with van der Waals surface area (Å²) in [6.45, 7) is 6.57. The van der Waals surface area contributed by atoms with E-state index in [1.54, 1.807) is 0 Å². The Hall–Kier alpha value is -2.89. The van der Waals surface area contributed by atoms with Crippen LogP contribution < -0.4 is 0 Å². The largest absolute Gasteiger partial charge is 0.462 e. The van der Waals surface area contributed by atoms with Crippen LogP contribution in [0.1, 0.15) is 355 Å². The van der Waals surface area contributed by atoms with E-state index >= 15 is 0 Å². The molecule has 448 valence electrons. The first-order valence-corrected chi connectivity index (χ1v) is 33.8. The van der Waals surface area contributed by atoms with Gasteiger partial charge in [-0.1, -0.05) is 332 Å². The van der Waals surface area contributed by atoms with Gasteiger partial charge in [-0.3, -0.25) is 14.4 Å². The minimum atomic E-state index is -0.766. The highest BCUT2D eigenvalue weighted by molar-refractivity contribution is 5.71. The molecule has 0 aliphatic heterocycles. The van der Waals surface area contributed by atoms with Crippen LogP contribution >= 0.6 is 0 Å². The molecule has 6 heteroatoms. The lowest BCUT2D eigenvalue weighted by molar-refractivity contribution is -0.167. The third kappa shape index (κ3) is 63.8. The van der Waals surface area contributed by atoms with Gasteiger partial charge in [0.05, 0.1) is 0 Å². The van der Waals surface area contributed by atoms with Crippen LogP contribution in [-0.4, -0.2) is 37.2 Å². The number of rotatable bonds is 62. The molecule has 0 aromatic heterocycles. The van der Waals surface area contributed by atoms with E-state index in [0.29, 0.717) is 19.3 Å². The highest BCUT2D eigenvalue weighted by atomic mass is 16.6. The maximum absolute atomic E-state index is 12.9. The molecule has 6 nitrogen and oxygen atoms in total. The van der Waals surface area contributed by atoms with Crippen molar-refractivity contribution in [3.63, 3.8) is 0 Å². The van der Waals surface area contributed by atoms with Gasteiger partial charge in [-0.05, 0) is 64.2 Å². The average Bonchev–Trinajstić information content (AvgIpc) is 3.43. The zero-order valence-corrected chi connectivity index (χ0v) is 51.5. The number of ether oxygens (including phenoxy) is 3. The molecule has 0 aliphatic carbocycles. The molecule has 0 spiro atoms. The van der Waals surface area contributed by atoms with Crippen LogP contribution in [-0.2, 0) is 28.6 Å². The highest BCUT2D eigenvalue weighted by Gasteiger charge is 2.19. The van der Waals surface area contributed by atoms with Crippen molar-refractivity contribution in [1.82, 2.24) is 0 Å². The number of hydrogen-bond acceptors (Lipinski definition) is 6. The summed E-state index contributed by atoms with van der Waals surface area (Å²) in [7, 11) is 0. The predicted molar refractivity (Wildman–Crippen MR) is 335 cm³/mol. The molecule has 1 atom stereocenters. The van der Waals surface area contributed by atoms with Crippen LogP contribution in [0.2, 0.25) is 0 Å². The summed E-state index contributed by atoms with van der Waals surface area (Å²) in [5.41, 5.74) is 0. The fourth-order valence-electron chi connectivity index (χ4n) is 10.0. The summed E-state index contributed by atoms with van der Waals surface area (Å²) in [6.07, 6.45) is 84.0. The molecule has 0 bridgehead atoms. The monoisotopic (exact) mass is 1080 g/mol. The van der Waals surface area contributed by atoms with E-state index in [1.165, 1.54) is 225 Å². The van der Waals surface area contributed by atoms with Crippen molar-refractivity contribution >= 4 is 17.9 Å². The number of carbonyl (C=O) groups is 3. The molecule has 0 rings (SSSR count). The van der Waals surface area contributed by atoms with E-state index in [1.807, 2.05) is 0 Å². The fourth-order valence-corrected chi connectivity index (χ4v) is 10.0. The van der Waals surface area contributed by atoms with Gasteiger partial charge in [0.2, 0.25) is 0 Å². The topological polar surface area (TPSA) is 78.9 Å². The molecule has 0 aromatic carbocycles. The summed E-state index contributed by atoms with van der Waals surface area (Å²) < 4.78 is 16.9. The van der Waals surface area contributed by atoms with Gasteiger partial charge in [0.1, 0.15) is 13.2 Å². The van der Waals surface area contributed by atoms with Gasteiger partial charge >= 0.3 is 17.9 Å². The molecule has 0 saturated carbocycles. The first-order valence-electron chi connectivity index (χ1n) is 33.8. The van der Waals surface area contributed by atoms with Crippen LogP contribution in [0.5, 0.6) is 0 Å². The third-order valence-electron chi connectivity index (χ3n) is 15.0. The molecule has 1 unspecified atom stereocenters. The van der Waals surface area contributed by atoms with E-state index in [4.69, 9.17) is 14.2 Å². The van der Waals surface area contributed by atoms with Gasteiger partial charge < -0.3 is 14.2 Å². The van der Waals surface area contributed by atoms with Crippen molar-refractivity contribution in [3.8, 4) is 0 Å². The molecule has 0 amide bonds. The zero-order valence-electron chi connectivity index (χ0n) is 51.5. The lowest BCUT2D eigenvalue weighted by atomic mass is 10.0. The van der Waals surface area contributed by atoms with E-state index < -0.39 is 6.10 Å². The second-order valence-electron chi connectivity index (χ2n) is 22.7. The van der Waals surface area contributed by atoms with Crippen LogP contribution in [0.3, 0.4) is 0 Å². The molecule has 0 N–H and O–H groups in total. The van der Waals surface area contributed by atoms with Gasteiger partial charge in [0.25, 0.3) is 0 Å². The van der Waals surface area contributed by atoms with Crippen LogP contribution in [0, 0.1) is 0 Å². The van der Waals surface area contributed by atoms with Gasteiger partial charge in [0.15, 0.2) is 6.10 Å². The number of allylic oxidation sites excluding steroid dienone is 10. The Morgan fingerprint density at radius 2 is 0.506 bits per heavy atom. The Kier molecular flexibility index (Phi) is 63.2. The number of esters is 3. The average molecular weight is 1080 g/mol. The Morgan fingerprint density at radius 1 is 0.273 bits per heavy atom. The Bertz CT molecular complexity index is 1380. The third-order valence-corrected chi connectivity index (χ3v) is 15.0. The molecule has 0 saturated heterocycles. The van der Waals surface area contributed by atoms with Crippen LogP contribution in [0.4, 0.5) is 0 Å². The van der Waals surface area contributed by atoms with Crippen molar-refractivity contribution in [2.45, 2.75) is 361 Å². The van der Waals surface area contributed by atoms with E-state index in [9.17, 15) is 14.4 Å².